The Morgan fingerprint density at radius 2 is 1.88 bits per heavy atom. The lowest BCUT2D eigenvalue weighted by atomic mass is 10.1. The maximum Gasteiger partial charge on any atom is 0.115 e. The smallest absolute Gasteiger partial charge is 0.115 e. The summed E-state index contributed by atoms with van der Waals surface area (Å²) in [5.74, 6) is 0. The van der Waals surface area contributed by atoms with Crippen LogP contribution in [0.2, 0.25) is 0 Å². The van der Waals surface area contributed by atoms with Crippen LogP contribution in [0.4, 0.5) is 0 Å². The first-order chi connectivity index (χ1) is 7.93. The van der Waals surface area contributed by atoms with E-state index in [0.29, 0.717) is 0 Å². The summed E-state index contributed by atoms with van der Waals surface area (Å²) < 4.78 is 0. The molecule has 3 rings (SSSR count). The van der Waals surface area contributed by atoms with Gasteiger partial charge in [-0.05, 0) is 12.8 Å². The van der Waals surface area contributed by atoms with Crippen molar-refractivity contribution in [1.29, 1.82) is 0 Å². The molecule has 1 aliphatic carbocycles. The molecule has 3 nitrogen and oxygen atoms in total. The van der Waals surface area contributed by atoms with Gasteiger partial charge in [0.1, 0.15) is 6.33 Å². The second-order valence-electron chi connectivity index (χ2n) is 5.05. The van der Waals surface area contributed by atoms with Gasteiger partial charge in [-0.3, -0.25) is 4.90 Å². The summed E-state index contributed by atoms with van der Waals surface area (Å²) in [6.45, 7) is 2.11. The van der Waals surface area contributed by atoms with Crippen LogP contribution in [0.15, 0.2) is 12.5 Å². The van der Waals surface area contributed by atoms with Gasteiger partial charge >= 0.3 is 0 Å². The third-order valence-electron chi connectivity index (χ3n) is 3.95. The van der Waals surface area contributed by atoms with Gasteiger partial charge in [-0.25, -0.2) is 9.97 Å². The van der Waals surface area contributed by atoms with Crippen LogP contribution >= 0.6 is 0 Å². The number of aromatic nitrogens is 2. The quantitative estimate of drug-likeness (QED) is 0.677. The Balaban J connectivity index is 1.70. The summed E-state index contributed by atoms with van der Waals surface area (Å²) in [4.78, 5) is 11.1. The van der Waals surface area contributed by atoms with Crippen molar-refractivity contribution in [2.24, 2.45) is 0 Å². The minimum Gasteiger partial charge on any atom is -0.290 e. The van der Waals surface area contributed by atoms with Crippen molar-refractivity contribution in [3.8, 4) is 0 Å². The Morgan fingerprint density at radius 3 is 2.62 bits per heavy atom. The van der Waals surface area contributed by atoms with Gasteiger partial charge in [-0.15, -0.1) is 0 Å². The highest BCUT2D eigenvalue weighted by Crippen LogP contribution is 2.28. The van der Waals surface area contributed by atoms with E-state index in [9.17, 15) is 0 Å². The van der Waals surface area contributed by atoms with Gasteiger partial charge in [0.05, 0.1) is 5.69 Å². The van der Waals surface area contributed by atoms with Crippen molar-refractivity contribution in [3.05, 3.63) is 23.8 Å². The molecule has 2 aliphatic rings. The average molecular weight is 217 g/mol. The van der Waals surface area contributed by atoms with Gasteiger partial charge < -0.3 is 0 Å². The predicted octanol–water partition coefficient (Wildman–Crippen LogP) is 2.52. The van der Waals surface area contributed by atoms with E-state index in [0.717, 1.165) is 19.1 Å². The predicted molar refractivity (Wildman–Crippen MR) is 62.8 cm³/mol. The number of hydrogen-bond donors (Lipinski definition) is 0. The first-order valence-electron chi connectivity index (χ1n) is 6.45. The van der Waals surface area contributed by atoms with E-state index < -0.39 is 0 Å². The van der Waals surface area contributed by atoms with E-state index in [4.69, 9.17) is 0 Å². The van der Waals surface area contributed by atoms with Crippen LogP contribution in [0.3, 0.4) is 0 Å². The van der Waals surface area contributed by atoms with Gasteiger partial charge in [0.2, 0.25) is 0 Å². The van der Waals surface area contributed by atoms with Crippen LogP contribution in [0.25, 0.3) is 0 Å². The highest BCUT2D eigenvalue weighted by atomic mass is 15.2. The molecule has 0 spiro atoms. The van der Waals surface area contributed by atoms with E-state index in [2.05, 4.69) is 14.9 Å². The fourth-order valence-corrected chi connectivity index (χ4v) is 3.01. The molecule has 0 N–H and O–H groups in total. The van der Waals surface area contributed by atoms with Crippen LogP contribution in [0, 0.1) is 0 Å². The van der Waals surface area contributed by atoms with Crippen molar-refractivity contribution in [2.45, 2.75) is 57.7 Å². The van der Waals surface area contributed by atoms with Crippen molar-refractivity contribution < 1.29 is 0 Å². The maximum absolute atomic E-state index is 4.37. The molecule has 0 atom stereocenters. The summed E-state index contributed by atoms with van der Waals surface area (Å²) in [6, 6.07) is 0.789. The van der Waals surface area contributed by atoms with E-state index in [-0.39, 0.29) is 0 Å². The molecule has 1 aromatic heterocycles. The third-order valence-corrected chi connectivity index (χ3v) is 3.95. The minimum absolute atomic E-state index is 0.789. The molecule has 1 saturated carbocycles. The fraction of sp³-hybridized carbons (Fsp3) is 0.692. The number of rotatable bonds is 1. The minimum atomic E-state index is 0.789. The lowest BCUT2D eigenvalue weighted by molar-refractivity contribution is 0.180. The largest absolute Gasteiger partial charge is 0.290 e. The van der Waals surface area contributed by atoms with E-state index in [1.165, 1.54) is 49.8 Å². The topological polar surface area (TPSA) is 29.0 Å². The molecule has 2 heterocycles. The zero-order valence-corrected chi connectivity index (χ0v) is 9.73. The molecular weight excluding hydrogens is 198 g/mol. The Hall–Kier alpha value is -0.960. The van der Waals surface area contributed by atoms with Crippen LogP contribution < -0.4 is 0 Å². The molecule has 0 radical (unpaired) electrons. The number of hydrogen-bond acceptors (Lipinski definition) is 3. The molecule has 0 bridgehead atoms. The standard InChI is InChI=1S/C13H19N3/c1-2-4-6-12(5-3-1)16-8-11-7-14-10-15-13(11)9-16/h7,10,12H,1-6,8-9H2. The summed E-state index contributed by atoms with van der Waals surface area (Å²) >= 11 is 0. The second-order valence-corrected chi connectivity index (χ2v) is 5.05. The third kappa shape index (κ3) is 1.96. The molecule has 1 aromatic rings. The highest BCUT2D eigenvalue weighted by Gasteiger charge is 2.26. The number of nitrogens with zero attached hydrogens (tertiary/aromatic N) is 3. The van der Waals surface area contributed by atoms with Crippen molar-refractivity contribution in [2.75, 3.05) is 0 Å². The Labute approximate surface area is 96.9 Å². The Bertz CT molecular complexity index is 331. The Kier molecular flexibility index (Phi) is 2.87. The zero-order valence-electron chi connectivity index (χ0n) is 9.73. The Morgan fingerprint density at radius 1 is 1.06 bits per heavy atom. The molecule has 0 amide bonds. The molecule has 1 aliphatic heterocycles. The van der Waals surface area contributed by atoms with Crippen LogP contribution in [0.5, 0.6) is 0 Å². The van der Waals surface area contributed by atoms with E-state index in [1.807, 2.05) is 6.20 Å². The van der Waals surface area contributed by atoms with Gasteiger partial charge in [0, 0.05) is 30.9 Å². The molecule has 0 unspecified atom stereocenters. The molecule has 0 aromatic carbocycles. The van der Waals surface area contributed by atoms with Crippen molar-refractivity contribution in [3.63, 3.8) is 0 Å². The van der Waals surface area contributed by atoms with Crippen LogP contribution in [-0.4, -0.2) is 20.9 Å². The molecule has 0 saturated heterocycles. The van der Waals surface area contributed by atoms with Crippen molar-refractivity contribution in [1.82, 2.24) is 14.9 Å². The fourth-order valence-electron chi connectivity index (χ4n) is 3.01. The van der Waals surface area contributed by atoms with Gasteiger partial charge in [-0.1, -0.05) is 25.7 Å². The van der Waals surface area contributed by atoms with E-state index in [1.54, 1.807) is 6.33 Å². The normalized spacial score (nSPS) is 23.0. The van der Waals surface area contributed by atoms with Crippen LogP contribution in [-0.2, 0) is 13.1 Å². The van der Waals surface area contributed by atoms with Gasteiger partial charge in [0.15, 0.2) is 0 Å². The number of fused-ring (bicyclic) bond motifs is 1. The van der Waals surface area contributed by atoms with E-state index >= 15 is 0 Å². The van der Waals surface area contributed by atoms with Crippen molar-refractivity contribution >= 4 is 0 Å². The SMILES string of the molecule is c1ncc2c(n1)CN(C1CCCCCC1)C2. The lowest BCUT2D eigenvalue weighted by Crippen LogP contribution is -2.30. The average Bonchev–Trinajstić information content (AvgIpc) is 2.56. The molecule has 86 valence electrons. The zero-order chi connectivity index (χ0) is 10.8. The summed E-state index contributed by atoms with van der Waals surface area (Å²) in [5, 5.41) is 0. The second kappa shape index (κ2) is 4.50. The molecule has 1 fully saturated rings. The van der Waals surface area contributed by atoms with Gasteiger partial charge in [0.25, 0.3) is 0 Å². The monoisotopic (exact) mass is 217 g/mol. The lowest BCUT2D eigenvalue weighted by Gasteiger charge is -2.25. The molecular formula is C13H19N3. The molecule has 16 heavy (non-hydrogen) atoms. The first kappa shape index (κ1) is 10.2. The van der Waals surface area contributed by atoms with Gasteiger partial charge in [-0.2, -0.15) is 0 Å². The summed E-state index contributed by atoms with van der Waals surface area (Å²) in [6.07, 6.45) is 12.1. The highest BCUT2D eigenvalue weighted by molar-refractivity contribution is 5.20. The summed E-state index contributed by atoms with van der Waals surface area (Å²) in [5.41, 5.74) is 2.59. The first-order valence-corrected chi connectivity index (χ1v) is 6.45. The summed E-state index contributed by atoms with van der Waals surface area (Å²) in [7, 11) is 0. The van der Waals surface area contributed by atoms with Crippen LogP contribution in [0.1, 0.15) is 49.8 Å². The molecule has 3 heteroatoms. The maximum atomic E-state index is 4.37.